The van der Waals surface area contributed by atoms with Crippen LogP contribution < -0.4 is 0 Å². The fourth-order valence-corrected chi connectivity index (χ4v) is 2.30. The molecule has 2 atom stereocenters. The highest BCUT2D eigenvalue weighted by Crippen LogP contribution is 2.34. The van der Waals surface area contributed by atoms with Gasteiger partial charge in [0.1, 0.15) is 11.0 Å². The first-order valence-corrected chi connectivity index (χ1v) is 5.33. The molecule has 2 unspecified atom stereocenters. The molecule has 7 heteroatoms. The van der Waals surface area contributed by atoms with Crippen LogP contribution in [0.5, 0.6) is 0 Å². The molecule has 0 saturated heterocycles. The lowest BCUT2D eigenvalue weighted by molar-refractivity contribution is 0.130. The van der Waals surface area contributed by atoms with E-state index in [9.17, 15) is 13.5 Å². The average molecular weight is 221 g/mol. The zero-order valence-electron chi connectivity index (χ0n) is 7.45. The van der Waals surface area contributed by atoms with Crippen molar-refractivity contribution in [1.82, 2.24) is 0 Å². The number of hydrogen-bond acceptors (Lipinski definition) is 5. The molecule has 3 N–H and O–H groups in total. The number of nitrogens with zero attached hydrogens (tertiary/aromatic N) is 1. The summed E-state index contributed by atoms with van der Waals surface area (Å²) in [4.78, 5) is 3.46. The Morgan fingerprint density at radius 3 is 2.57 bits per heavy atom. The van der Waals surface area contributed by atoms with Crippen LogP contribution in [0.3, 0.4) is 0 Å². The Morgan fingerprint density at radius 2 is 2.21 bits per heavy atom. The molecular weight excluding hydrogens is 210 g/mol. The van der Waals surface area contributed by atoms with Crippen LogP contribution >= 0.6 is 0 Å². The van der Waals surface area contributed by atoms with Gasteiger partial charge in [0, 0.05) is 6.21 Å². The van der Waals surface area contributed by atoms with Gasteiger partial charge in [-0.05, 0) is 6.92 Å². The third kappa shape index (κ3) is 1.66. The second-order valence-corrected chi connectivity index (χ2v) is 4.86. The number of rotatable bonds is 2. The molecule has 6 nitrogen and oxygen atoms in total. The Balaban J connectivity index is 3.23. The molecule has 1 heterocycles. The Labute approximate surface area is 81.3 Å². The lowest BCUT2D eigenvalue weighted by Gasteiger charge is -2.32. The predicted molar refractivity (Wildman–Crippen MR) is 49.7 cm³/mol. The summed E-state index contributed by atoms with van der Waals surface area (Å²) < 4.78 is 30.7. The maximum absolute atomic E-state index is 10.9. The minimum absolute atomic E-state index is 0.370. The molecule has 1 rings (SSSR count). The molecule has 0 aromatic heterocycles. The van der Waals surface area contributed by atoms with Crippen LogP contribution in [0, 0.1) is 5.41 Å². The van der Waals surface area contributed by atoms with Gasteiger partial charge in [0.05, 0.1) is 18.2 Å². The lowest BCUT2D eigenvalue weighted by atomic mass is 9.84. The molecule has 0 spiro atoms. The Morgan fingerprint density at radius 1 is 1.64 bits per heavy atom. The first-order valence-electron chi connectivity index (χ1n) is 3.82. The Bertz CT molecular complexity index is 385. The second-order valence-electron chi connectivity index (χ2n) is 3.32. The first kappa shape index (κ1) is 11.2. The van der Waals surface area contributed by atoms with Gasteiger partial charge in [-0.25, -0.2) is 0 Å². The molecular formula is C7H11NO5S. The van der Waals surface area contributed by atoms with Gasteiger partial charge in [-0.15, -0.1) is 0 Å². The van der Waals surface area contributed by atoms with E-state index in [1.165, 1.54) is 6.92 Å². The van der Waals surface area contributed by atoms with Crippen molar-refractivity contribution in [2.45, 2.75) is 12.2 Å². The number of hydrogen-bond donors (Lipinski definition) is 3. The number of aliphatic hydroxyl groups is 2. The number of aliphatic hydroxyl groups excluding tert-OH is 2. The van der Waals surface area contributed by atoms with Gasteiger partial charge in [0.15, 0.2) is 0 Å². The van der Waals surface area contributed by atoms with Gasteiger partial charge in [-0.2, -0.15) is 8.42 Å². The molecule has 1 aliphatic rings. The summed E-state index contributed by atoms with van der Waals surface area (Å²) in [5.41, 5.74) is -1.44. The largest absolute Gasteiger partial charge is 0.510 e. The van der Waals surface area contributed by atoms with Gasteiger partial charge >= 0.3 is 0 Å². The third-order valence-corrected chi connectivity index (χ3v) is 3.56. The van der Waals surface area contributed by atoms with Crippen molar-refractivity contribution in [3.05, 3.63) is 12.0 Å². The van der Waals surface area contributed by atoms with Gasteiger partial charge in [-0.1, -0.05) is 0 Å². The second kappa shape index (κ2) is 3.34. The lowest BCUT2D eigenvalue weighted by Crippen LogP contribution is -2.45. The smallest absolute Gasteiger partial charge is 0.274 e. The summed E-state index contributed by atoms with van der Waals surface area (Å²) in [5.74, 6) is -0.370. The van der Waals surface area contributed by atoms with Gasteiger partial charge in [0.2, 0.25) is 0 Å². The van der Waals surface area contributed by atoms with E-state index in [-0.39, 0.29) is 5.76 Å². The summed E-state index contributed by atoms with van der Waals surface area (Å²) in [6.45, 7) is 0.717. The van der Waals surface area contributed by atoms with E-state index in [0.29, 0.717) is 0 Å². The van der Waals surface area contributed by atoms with Gasteiger partial charge < -0.3 is 10.2 Å². The van der Waals surface area contributed by atoms with Crippen LogP contribution in [0.4, 0.5) is 0 Å². The van der Waals surface area contributed by atoms with Crippen molar-refractivity contribution in [3.8, 4) is 0 Å². The molecule has 1 aliphatic heterocycles. The van der Waals surface area contributed by atoms with E-state index in [4.69, 9.17) is 9.66 Å². The molecule has 0 fully saturated rings. The maximum atomic E-state index is 10.9. The van der Waals surface area contributed by atoms with Gasteiger partial charge in [0.25, 0.3) is 10.1 Å². The van der Waals surface area contributed by atoms with Crippen LogP contribution in [-0.2, 0) is 10.1 Å². The van der Waals surface area contributed by atoms with Crippen LogP contribution in [-0.4, -0.2) is 41.3 Å². The molecule has 0 bridgehead atoms. The van der Waals surface area contributed by atoms with E-state index in [1.54, 1.807) is 0 Å². The average Bonchev–Trinajstić information content (AvgIpc) is 2.08. The fourth-order valence-electron chi connectivity index (χ4n) is 1.23. The highest BCUT2D eigenvalue weighted by molar-refractivity contribution is 7.87. The minimum Gasteiger partial charge on any atom is -0.510 e. The summed E-state index contributed by atoms with van der Waals surface area (Å²) in [7, 11) is -4.39. The zero-order valence-corrected chi connectivity index (χ0v) is 8.27. The monoisotopic (exact) mass is 221 g/mol. The molecule has 80 valence electrons. The predicted octanol–water partition coefficient (Wildman–Crippen LogP) is -0.275. The third-order valence-electron chi connectivity index (χ3n) is 2.28. The van der Waals surface area contributed by atoms with Crippen molar-refractivity contribution in [1.29, 1.82) is 0 Å². The van der Waals surface area contributed by atoms with Crippen molar-refractivity contribution in [2.24, 2.45) is 10.4 Å². The topological polar surface area (TPSA) is 107 Å². The Kier molecular flexibility index (Phi) is 2.66. The van der Waals surface area contributed by atoms with Crippen LogP contribution in [0.2, 0.25) is 0 Å². The van der Waals surface area contributed by atoms with Gasteiger partial charge in [-0.3, -0.25) is 9.55 Å². The van der Waals surface area contributed by atoms with Crippen LogP contribution in [0.15, 0.2) is 17.0 Å². The quantitative estimate of drug-likeness (QED) is 0.556. The zero-order chi connectivity index (χ0) is 11.0. The summed E-state index contributed by atoms with van der Waals surface area (Å²) >= 11 is 0. The van der Waals surface area contributed by atoms with Crippen molar-refractivity contribution in [2.75, 3.05) is 6.61 Å². The van der Waals surface area contributed by atoms with Crippen molar-refractivity contribution in [3.63, 3.8) is 0 Å². The highest BCUT2D eigenvalue weighted by atomic mass is 32.2. The minimum atomic E-state index is -4.39. The number of aliphatic imine (C=N–C) groups is 1. The molecule has 0 saturated carbocycles. The molecule has 0 amide bonds. The molecule has 0 radical (unpaired) electrons. The van der Waals surface area contributed by atoms with E-state index < -0.39 is 27.4 Å². The highest BCUT2D eigenvalue weighted by Gasteiger charge is 2.45. The summed E-state index contributed by atoms with van der Waals surface area (Å²) in [6.07, 6.45) is 2.02. The molecule has 0 aromatic rings. The standard InChI is InChI=1S/C7H11NO5S/c1-7(4-9)5(10)2-8-3-6(7)14(11,12)13/h2-3,6,9-10H,4H2,1H3,(H,11,12,13). The maximum Gasteiger partial charge on any atom is 0.274 e. The van der Waals surface area contributed by atoms with Crippen molar-refractivity contribution >= 4 is 16.3 Å². The molecule has 0 aliphatic carbocycles. The van der Waals surface area contributed by atoms with Crippen LogP contribution in [0.1, 0.15) is 6.92 Å². The normalized spacial score (nSPS) is 32.8. The molecule has 0 aromatic carbocycles. The van der Waals surface area contributed by atoms with E-state index in [1.807, 2.05) is 0 Å². The van der Waals surface area contributed by atoms with E-state index in [0.717, 1.165) is 12.4 Å². The summed E-state index contributed by atoms with van der Waals surface area (Å²) in [6, 6.07) is 0. The summed E-state index contributed by atoms with van der Waals surface area (Å²) in [5, 5.41) is 17.0. The van der Waals surface area contributed by atoms with Crippen LogP contribution in [0.25, 0.3) is 0 Å². The van der Waals surface area contributed by atoms with E-state index in [2.05, 4.69) is 4.99 Å². The fraction of sp³-hybridized carbons (Fsp3) is 0.571. The Hall–Kier alpha value is -0.920. The SMILES string of the molecule is CC1(CO)C(O)=CN=CC1S(=O)(=O)O. The first-order chi connectivity index (χ1) is 6.32. The van der Waals surface area contributed by atoms with Crippen molar-refractivity contribution < 1.29 is 23.2 Å². The van der Waals surface area contributed by atoms with E-state index >= 15 is 0 Å². The molecule has 14 heavy (non-hydrogen) atoms.